The van der Waals surface area contributed by atoms with Crippen LogP contribution < -0.4 is 5.43 Å². The van der Waals surface area contributed by atoms with Gasteiger partial charge in [0.05, 0.1) is 23.3 Å². The number of para-hydroxylation sites is 1. The molecular formula is C23H18BrN3O2. The Labute approximate surface area is 176 Å². The molecule has 0 aliphatic rings. The predicted octanol–water partition coefficient (Wildman–Crippen LogP) is 4.40. The van der Waals surface area contributed by atoms with E-state index < -0.39 is 0 Å². The maximum atomic E-state index is 13.1. The summed E-state index contributed by atoms with van der Waals surface area (Å²) in [6.07, 6.45) is 3.95. The molecule has 0 aliphatic heterocycles. The maximum Gasteiger partial charge on any atom is 0.200 e. The number of aryl methyl sites for hydroxylation is 1. The molecule has 0 saturated heterocycles. The lowest BCUT2D eigenvalue weighted by molar-refractivity contribution is 0.103. The van der Waals surface area contributed by atoms with Gasteiger partial charge in [-0.3, -0.25) is 14.6 Å². The summed E-state index contributed by atoms with van der Waals surface area (Å²) in [5.74, 6) is -0.327. The summed E-state index contributed by atoms with van der Waals surface area (Å²) >= 11 is 3.39. The van der Waals surface area contributed by atoms with Gasteiger partial charge in [0.2, 0.25) is 5.43 Å². The first-order chi connectivity index (χ1) is 14.1. The van der Waals surface area contributed by atoms with Crippen molar-refractivity contribution in [3.8, 4) is 0 Å². The number of ketones is 1. The number of aromatic nitrogens is 3. The lowest BCUT2D eigenvalue weighted by atomic mass is 10.0. The van der Waals surface area contributed by atoms with Crippen LogP contribution in [-0.2, 0) is 13.0 Å². The third-order valence-corrected chi connectivity index (χ3v) is 5.23. The zero-order valence-electron chi connectivity index (χ0n) is 15.8. The summed E-state index contributed by atoms with van der Waals surface area (Å²) in [6, 6.07) is 16.5. The summed E-state index contributed by atoms with van der Waals surface area (Å²) < 4.78 is 2.63. The molecule has 0 N–H and O–H groups in total. The number of hydrogen-bond acceptors (Lipinski definition) is 4. The summed E-state index contributed by atoms with van der Waals surface area (Å²) in [6.45, 7) is 2.44. The Balaban J connectivity index is 1.84. The van der Waals surface area contributed by atoms with Crippen LogP contribution in [0.4, 0.5) is 0 Å². The second kappa shape index (κ2) is 8.09. The van der Waals surface area contributed by atoms with E-state index in [4.69, 9.17) is 0 Å². The van der Waals surface area contributed by atoms with Crippen molar-refractivity contribution in [3.05, 3.63) is 104 Å². The van der Waals surface area contributed by atoms with E-state index in [-0.39, 0.29) is 16.8 Å². The second-order valence-corrected chi connectivity index (χ2v) is 7.50. The first kappa shape index (κ1) is 19.2. The van der Waals surface area contributed by atoms with Gasteiger partial charge in [0.25, 0.3) is 0 Å². The van der Waals surface area contributed by atoms with E-state index in [0.717, 1.165) is 27.9 Å². The van der Waals surface area contributed by atoms with Crippen LogP contribution in [-0.4, -0.2) is 20.3 Å². The van der Waals surface area contributed by atoms with Gasteiger partial charge in [-0.2, -0.15) is 0 Å². The summed E-state index contributed by atoms with van der Waals surface area (Å²) in [5.41, 5.74) is 2.74. The van der Waals surface area contributed by atoms with Crippen molar-refractivity contribution < 1.29 is 4.79 Å². The average Bonchev–Trinajstić information content (AvgIpc) is 2.75. The van der Waals surface area contributed by atoms with Crippen molar-refractivity contribution in [1.29, 1.82) is 0 Å². The van der Waals surface area contributed by atoms with Crippen molar-refractivity contribution in [2.24, 2.45) is 0 Å². The normalized spacial score (nSPS) is 11.0. The van der Waals surface area contributed by atoms with Gasteiger partial charge < -0.3 is 4.57 Å². The van der Waals surface area contributed by atoms with Crippen molar-refractivity contribution in [2.45, 2.75) is 19.9 Å². The molecule has 6 heteroatoms. The Morgan fingerprint density at radius 2 is 1.86 bits per heavy atom. The van der Waals surface area contributed by atoms with E-state index in [1.807, 2.05) is 47.9 Å². The minimum atomic E-state index is -0.327. The Kier molecular flexibility index (Phi) is 5.36. The van der Waals surface area contributed by atoms with Gasteiger partial charge in [0, 0.05) is 29.0 Å². The topological polar surface area (TPSA) is 64.8 Å². The number of halogens is 1. The fraction of sp³-hybridized carbons (Fsp3) is 0.130. The fourth-order valence-corrected chi connectivity index (χ4v) is 3.65. The van der Waals surface area contributed by atoms with Gasteiger partial charge in [0.1, 0.15) is 4.60 Å². The molecule has 29 heavy (non-hydrogen) atoms. The van der Waals surface area contributed by atoms with Crippen LogP contribution >= 0.6 is 15.9 Å². The van der Waals surface area contributed by atoms with E-state index in [0.29, 0.717) is 17.5 Å². The van der Waals surface area contributed by atoms with Gasteiger partial charge in [-0.15, -0.1) is 0 Å². The number of carbonyl (C=O) groups is 1. The summed E-state index contributed by atoms with van der Waals surface area (Å²) in [5, 5.41) is 0.506. The molecule has 0 amide bonds. The van der Waals surface area contributed by atoms with Gasteiger partial charge >= 0.3 is 0 Å². The fourth-order valence-electron chi connectivity index (χ4n) is 3.27. The van der Waals surface area contributed by atoms with Gasteiger partial charge in [-0.05, 0) is 58.7 Å². The van der Waals surface area contributed by atoms with Gasteiger partial charge in [-0.1, -0.05) is 25.1 Å². The molecule has 144 valence electrons. The van der Waals surface area contributed by atoms with Crippen LogP contribution in [0.3, 0.4) is 0 Å². The lowest BCUT2D eigenvalue weighted by Gasteiger charge is -2.13. The molecule has 0 spiro atoms. The highest BCUT2D eigenvalue weighted by Crippen LogP contribution is 2.17. The number of nitrogens with zero attached hydrogens (tertiary/aromatic N) is 3. The monoisotopic (exact) mass is 447 g/mol. The smallest absolute Gasteiger partial charge is 0.200 e. The quantitative estimate of drug-likeness (QED) is 0.336. The van der Waals surface area contributed by atoms with Crippen LogP contribution in [0.5, 0.6) is 0 Å². The van der Waals surface area contributed by atoms with E-state index in [9.17, 15) is 9.59 Å². The number of fused-ring (bicyclic) bond motifs is 1. The molecule has 0 unspecified atom stereocenters. The molecule has 3 aromatic heterocycles. The standard InChI is InChI=1S/C23H18BrN3O2/c1-2-16-11-10-15(12-25-16)22(28)19-14-27(13-17-6-5-9-21(24)26-17)20-8-4-3-7-18(20)23(19)29/h3-12,14H,2,13H2,1H3. The molecule has 3 heterocycles. The van der Waals surface area contributed by atoms with Crippen molar-refractivity contribution in [2.75, 3.05) is 0 Å². The molecule has 0 radical (unpaired) electrons. The van der Waals surface area contributed by atoms with E-state index >= 15 is 0 Å². The molecular weight excluding hydrogens is 430 g/mol. The first-order valence-corrected chi connectivity index (χ1v) is 10.1. The van der Waals surface area contributed by atoms with E-state index in [1.165, 1.54) is 6.20 Å². The van der Waals surface area contributed by atoms with Crippen molar-refractivity contribution in [1.82, 2.24) is 14.5 Å². The largest absolute Gasteiger partial charge is 0.340 e. The Morgan fingerprint density at radius 1 is 1.03 bits per heavy atom. The average molecular weight is 448 g/mol. The molecule has 0 aliphatic carbocycles. The number of pyridine rings is 3. The Hall–Kier alpha value is -3.12. The summed E-state index contributed by atoms with van der Waals surface area (Å²) in [4.78, 5) is 34.9. The van der Waals surface area contributed by atoms with Crippen molar-refractivity contribution >= 4 is 32.6 Å². The van der Waals surface area contributed by atoms with E-state index in [1.54, 1.807) is 24.4 Å². The predicted molar refractivity (Wildman–Crippen MR) is 116 cm³/mol. The molecule has 0 atom stereocenters. The number of benzene rings is 1. The third-order valence-electron chi connectivity index (χ3n) is 4.79. The van der Waals surface area contributed by atoms with Crippen LogP contribution in [0.25, 0.3) is 10.9 Å². The van der Waals surface area contributed by atoms with Crippen LogP contribution in [0.1, 0.15) is 34.2 Å². The molecule has 0 saturated carbocycles. The number of carbonyl (C=O) groups excluding carboxylic acids is 1. The highest BCUT2D eigenvalue weighted by atomic mass is 79.9. The molecule has 0 fully saturated rings. The highest BCUT2D eigenvalue weighted by molar-refractivity contribution is 9.10. The zero-order chi connectivity index (χ0) is 20.4. The lowest BCUT2D eigenvalue weighted by Crippen LogP contribution is -2.20. The Morgan fingerprint density at radius 3 is 2.59 bits per heavy atom. The van der Waals surface area contributed by atoms with Crippen LogP contribution in [0.2, 0.25) is 0 Å². The van der Waals surface area contributed by atoms with Crippen LogP contribution in [0, 0.1) is 0 Å². The maximum absolute atomic E-state index is 13.1. The molecule has 1 aromatic carbocycles. The number of hydrogen-bond donors (Lipinski definition) is 0. The molecule has 5 nitrogen and oxygen atoms in total. The third kappa shape index (κ3) is 3.89. The highest BCUT2D eigenvalue weighted by Gasteiger charge is 2.17. The first-order valence-electron chi connectivity index (χ1n) is 9.30. The Bertz CT molecular complexity index is 1260. The molecule has 4 rings (SSSR count). The number of rotatable bonds is 5. The minimum absolute atomic E-state index is 0.129. The molecule has 4 aromatic rings. The zero-order valence-corrected chi connectivity index (χ0v) is 17.4. The second-order valence-electron chi connectivity index (χ2n) is 6.69. The van der Waals surface area contributed by atoms with Crippen molar-refractivity contribution in [3.63, 3.8) is 0 Å². The molecule has 0 bridgehead atoms. The SMILES string of the molecule is CCc1ccc(C(=O)c2cn(Cc3cccc(Br)n3)c3ccccc3c2=O)cn1. The van der Waals surface area contributed by atoms with Crippen LogP contribution in [0.15, 0.2) is 76.4 Å². The van der Waals surface area contributed by atoms with E-state index in [2.05, 4.69) is 25.9 Å². The van der Waals surface area contributed by atoms with Gasteiger partial charge in [-0.25, -0.2) is 4.98 Å². The van der Waals surface area contributed by atoms with Gasteiger partial charge in [0.15, 0.2) is 5.78 Å². The summed E-state index contributed by atoms with van der Waals surface area (Å²) in [7, 11) is 0. The minimum Gasteiger partial charge on any atom is -0.340 e.